The molecule has 3 heteroatoms. The zero-order valence-electron chi connectivity index (χ0n) is 4.03. The van der Waals surface area contributed by atoms with Gasteiger partial charge in [-0.3, -0.25) is 0 Å². The molecule has 0 radical (unpaired) electrons. The molecular weight excluding hydrogens is 323 g/mol. The summed E-state index contributed by atoms with van der Waals surface area (Å²) in [5.41, 5.74) is 0. The summed E-state index contributed by atoms with van der Waals surface area (Å²) in [5.74, 6) is 0. The van der Waals surface area contributed by atoms with Crippen LogP contribution in [0.4, 0.5) is 0 Å². The van der Waals surface area contributed by atoms with Crippen LogP contribution in [0.5, 0.6) is 0 Å². The van der Waals surface area contributed by atoms with E-state index in [1.165, 1.54) is 4.17 Å². The van der Waals surface area contributed by atoms with Gasteiger partial charge in [-0.2, -0.15) is 0 Å². The summed E-state index contributed by atoms with van der Waals surface area (Å²) in [5, 5.41) is 0. The molecule has 0 nitrogen and oxygen atoms in total. The van der Waals surface area contributed by atoms with Gasteiger partial charge in [0, 0.05) is 0 Å². The van der Waals surface area contributed by atoms with E-state index in [2.05, 4.69) is 36.5 Å². The number of hydrogen-bond donors (Lipinski definition) is 0. The van der Waals surface area contributed by atoms with Crippen LogP contribution in [0.3, 0.4) is 0 Å². The van der Waals surface area contributed by atoms with Crippen LogP contribution in [-0.2, 0) is 18.3 Å². The number of halogens is 2. The summed E-state index contributed by atoms with van der Waals surface area (Å²) in [6, 6.07) is 0. The summed E-state index contributed by atoms with van der Waals surface area (Å²) >= 11 is 2.84. The molecule has 0 aliphatic heterocycles. The Bertz CT molecular complexity index is 107. The first-order chi connectivity index (χ1) is 2.89. The van der Waals surface area contributed by atoms with Crippen LogP contribution in [-0.4, -0.2) is 0 Å². The quantitative estimate of drug-likeness (QED) is 0.393. The van der Waals surface area contributed by atoms with Gasteiger partial charge in [0.05, 0.1) is 0 Å². The summed E-state index contributed by atoms with van der Waals surface area (Å²) in [6.07, 6.45) is 7.41. The van der Waals surface area contributed by atoms with Crippen molar-refractivity contribution in [3.63, 3.8) is 0 Å². The maximum atomic E-state index is 2.84. The Kier molecular flexibility index (Phi) is 9.14. The Hall–Kier alpha value is 1.06. The molecule has 0 bridgehead atoms. The van der Waals surface area contributed by atoms with Gasteiger partial charge in [-0.15, -0.1) is 0 Å². The molecule has 8 heavy (non-hydrogen) atoms. The van der Waals surface area contributed by atoms with Crippen molar-refractivity contribution in [3.8, 4) is 0 Å². The molecule has 1 aliphatic carbocycles. The first kappa shape index (κ1) is 11.8. The van der Waals surface area contributed by atoms with E-state index < -0.39 is 0 Å². The third-order valence-electron chi connectivity index (χ3n) is 0.709. The number of rotatable bonds is 0. The van der Waals surface area contributed by atoms with Gasteiger partial charge in [0.15, 0.2) is 0 Å². The topological polar surface area (TPSA) is 0 Å². The molecule has 48 valence electrons. The fourth-order valence-electron chi connectivity index (χ4n) is 0.412. The zero-order valence-corrected chi connectivity index (χ0v) is 8.84. The zero-order chi connectivity index (χ0) is 4.41. The van der Waals surface area contributed by atoms with Gasteiger partial charge in [-0.1, -0.05) is 0 Å². The predicted molar refractivity (Wildman–Crippen MR) is 21.8 cm³/mol. The molecule has 0 fully saturated rings. The van der Waals surface area contributed by atoms with E-state index in [4.69, 9.17) is 0 Å². The molecule has 0 atom stereocenters. The molecule has 0 N–H and O–H groups in total. The first-order valence-corrected chi connectivity index (χ1v) is 2.70. The van der Waals surface area contributed by atoms with Crippen LogP contribution >= 0.6 is 0 Å². The average molecular weight is 328 g/mol. The van der Waals surface area contributed by atoms with Crippen molar-refractivity contribution in [3.05, 3.63) is 22.4 Å². The van der Waals surface area contributed by atoms with E-state index >= 15 is 0 Å². The van der Waals surface area contributed by atoms with Crippen molar-refractivity contribution in [2.45, 2.75) is 6.42 Å². The van der Waals surface area contributed by atoms with E-state index in [9.17, 15) is 0 Å². The van der Waals surface area contributed by atoms with Crippen LogP contribution in [0, 0.1) is 0 Å². The van der Waals surface area contributed by atoms with E-state index in [0.29, 0.717) is 0 Å². The number of hydrogen-bond acceptors (Lipinski definition) is 0. The van der Waals surface area contributed by atoms with Crippen LogP contribution in [0.1, 0.15) is 6.42 Å². The molecule has 0 unspecified atom stereocenters. The molecule has 0 aromatic heterocycles. The third kappa shape index (κ3) is 3.99. The van der Waals surface area contributed by atoms with Crippen LogP contribution in [0.15, 0.2) is 22.4 Å². The van der Waals surface area contributed by atoms with Gasteiger partial charge in [-0.25, -0.2) is 0 Å². The molecule has 0 amide bonds. The van der Waals surface area contributed by atoms with Crippen LogP contribution in [0.2, 0.25) is 0 Å². The minimum absolute atomic E-state index is 0. The predicted octanol–water partition coefficient (Wildman–Crippen LogP) is -4.61. The van der Waals surface area contributed by atoms with Crippen LogP contribution in [0.25, 0.3) is 0 Å². The molecular formula is C5H5Br2Rh. The molecule has 1 rings (SSSR count). The Labute approximate surface area is 80.6 Å². The second-order valence-electron chi connectivity index (χ2n) is 1.22. The average Bonchev–Trinajstić information content (AvgIpc) is 1.86. The summed E-state index contributed by atoms with van der Waals surface area (Å²) < 4.78 is 1.36. The number of allylic oxidation sites excluding steroid dienone is 4. The summed E-state index contributed by atoms with van der Waals surface area (Å²) in [4.78, 5) is 0. The normalized spacial score (nSPS) is 13.9. The summed E-state index contributed by atoms with van der Waals surface area (Å²) in [7, 11) is 0. The molecule has 0 spiro atoms. The van der Waals surface area contributed by atoms with Crippen molar-refractivity contribution >= 4 is 0 Å². The van der Waals surface area contributed by atoms with Gasteiger partial charge < -0.3 is 34.0 Å². The SMILES string of the molecule is [Br-].[Br-].[Rh+2][C]1=CC=CC1. The van der Waals surface area contributed by atoms with Crippen molar-refractivity contribution in [1.29, 1.82) is 0 Å². The maximum absolute atomic E-state index is 2.84. The Morgan fingerprint density at radius 1 is 1.38 bits per heavy atom. The van der Waals surface area contributed by atoms with E-state index in [-0.39, 0.29) is 34.0 Å². The van der Waals surface area contributed by atoms with E-state index in [1.807, 2.05) is 0 Å². The fourth-order valence-corrected chi connectivity index (χ4v) is 0.762. The Morgan fingerprint density at radius 3 is 2.12 bits per heavy atom. The first-order valence-electron chi connectivity index (χ1n) is 1.88. The molecule has 0 aromatic carbocycles. The van der Waals surface area contributed by atoms with Gasteiger partial charge in [-0.05, 0) is 0 Å². The Morgan fingerprint density at radius 2 is 2.00 bits per heavy atom. The molecule has 1 aliphatic rings. The van der Waals surface area contributed by atoms with Crippen LogP contribution < -0.4 is 34.0 Å². The summed E-state index contributed by atoms with van der Waals surface area (Å²) in [6.45, 7) is 0. The van der Waals surface area contributed by atoms with Crippen molar-refractivity contribution < 1.29 is 52.3 Å². The van der Waals surface area contributed by atoms with Gasteiger partial charge in [0.1, 0.15) is 0 Å². The fraction of sp³-hybridized carbons (Fsp3) is 0.200. The van der Waals surface area contributed by atoms with Crippen molar-refractivity contribution in [1.82, 2.24) is 0 Å². The standard InChI is InChI=1S/C5H5.2BrH.Rh/c1-2-4-5-3-1;;;/h1-3H,4H2;2*1H;/q;;;+2/p-2. The second-order valence-corrected chi connectivity index (χ2v) is 2.27. The molecule has 0 saturated carbocycles. The van der Waals surface area contributed by atoms with Gasteiger partial charge >= 0.3 is 47.1 Å². The van der Waals surface area contributed by atoms with Gasteiger partial charge in [0.25, 0.3) is 0 Å². The van der Waals surface area contributed by atoms with Crippen molar-refractivity contribution in [2.24, 2.45) is 0 Å². The minimum atomic E-state index is 0. The molecule has 0 aromatic rings. The van der Waals surface area contributed by atoms with E-state index in [1.54, 1.807) is 0 Å². The Balaban J connectivity index is 0. The van der Waals surface area contributed by atoms with E-state index in [0.717, 1.165) is 6.42 Å². The molecule has 0 saturated heterocycles. The van der Waals surface area contributed by atoms with Crippen molar-refractivity contribution in [2.75, 3.05) is 0 Å². The third-order valence-corrected chi connectivity index (χ3v) is 1.32. The monoisotopic (exact) mass is 326 g/mol. The van der Waals surface area contributed by atoms with Gasteiger partial charge in [0.2, 0.25) is 0 Å². The molecule has 0 heterocycles. The second kappa shape index (κ2) is 6.19.